The number of hydrogen-bond acceptors (Lipinski definition) is 4. The van der Waals surface area contributed by atoms with Crippen LogP contribution in [0.2, 0.25) is 5.02 Å². The van der Waals surface area contributed by atoms with Crippen molar-refractivity contribution in [1.29, 1.82) is 0 Å². The van der Waals surface area contributed by atoms with Gasteiger partial charge in [-0.15, -0.1) is 0 Å². The minimum Gasteiger partial charge on any atom is -0.490 e. The molecule has 1 saturated heterocycles. The second-order valence-electron chi connectivity index (χ2n) is 8.25. The van der Waals surface area contributed by atoms with Crippen LogP contribution in [0.25, 0.3) is 0 Å². The number of nitrogens with zero attached hydrogens (tertiary/aromatic N) is 1. The lowest BCUT2D eigenvalue weighted by Gasteiger charge is -2.44. The molecule has 2 aromatic carbocycles. The Labute approximate surface area is 186 Å². The van der Waals surface area contributed by atoms with E-state index in [-0.39, 0.29) is 32.1 Å². The molecule has 1 aliphatic heterocycles. The van der Waals surface area contributed by atoms with Crippen LogP contribution in [-0.4, -0.2) is 48.6 Å². The van der Waals surface area contributed by atoms with Crippen LogP contribution in [0.1, 0.15) is 25.8 Å². The molecule has 1 atom stereocenters. The molecule has 6 nitrogen and oxygen atoms in total. The van der Waals surface area contributed by atoms with E-state index in [0.29, 0.717) is 22.9 Å². The number of amides is 2. The highest BCUT2D eigenvalue weighted by Gasteiger charge is 2.44. The van der Waals surface area contributed by atoms with Gasteiger partial charge < -0.3 is 20.1 Å². The number of carbonyl (C=O) groups excluding carboxylic acids is 2. The Kier molecular flexibility index (Phi) is 6.86. The molecule has 0 aromatic heterocycles. The van der Waals surface area contributed by atoms with Crippen LogP contribution < -0.4 is 10.5 Å². The maximum atomic E-state index is 14.4. The largest absolute Gasteiger partial charge is 0.490 e. The van der Waals surface area contributed by atoms with E-state index in [0.717, 1.165) is 0 Å². The van der Waals surface area contributed by atoms with Crippen LogP contribution in [0.3, 0.4) is 0 Å². The van der Waals surface area contributed by atoms with Crippen LogP contribution in [0.5, 0.6) is 5.75 Å². The fraction of sp³-hybridized carbons (Fsp3) is 0.391. The first kappa shape index (κ1) is 23.0. The maximum absolute atomic E-state index is 14.4. The van der Waals surface area contributed by atoms with Crippen LogP contribution in [0.15, 0.2) is 48.5 Å². The Bertz CT molecular complexity index is 951. The van der Waals surface area contributed by atoms with Gasteiger partial charge in [-0.3, -0.25) is 9.59 Å². The highest BCUT2D eigenvalue weighted by Crippen LogP contribution is 2.31. The van der Waals surface area contributed by atoms with Crippen molar-refractivity contribution in [2.45, 2.75) is 31.3 Å². The topological polar surface area (TPSA) is 81.9 Å². The van der Waals surface area contributed by atoms with E-state index in [9.17, 15) is 14.0 Å². The van der Waals surface area contributed by atoms with Gasteiger partial charge in [-0.2, -0.15) is 0 Å². The molecule has 1 heterocycles. The van der Waals surface area contributed by atoms with Gasteiger partial charge in [0.2, 0.25) is 11.8 Å². The summed E-state index contributed by atoms with van der Waals surface area (Å²) in [6.07, 6.45) is -0.121. The quantitative estimate of drug-likeness (QED) is 0.704. The average molecular weight is 449 g/mol. The maximum Gasteiger partial charge on any atom is 0.232 e. The number of primary amides is 1. The molecule has 1 fully saturated rings. The molecule has 2 N–H and O–H groups in total. The highest BCUT2D eigenvalue weighted by molar-refractivity contribution is 6.30. The number of nitrogens with two attached hydrogens (primary N) is 1. The van der Waals surface area contributed by atoms with E-state index in [4.69, 9.17) is 26.8 Å². The molecule has 3 rings (SSSR count). The summed E-state index contributed by atoms with van der Waals surface area (Å²) >= 11 is 5.90. The van der Waals surface area contributed by atoms with E-state index in [1.54, 1.807) is 61.2 Å². The van der Waals surface area contributed by atoms with Crippen molar-refractivity contribution in [2.24, 2.45) is 5.73 Å². The number of carbonyl (C=O) groups is 2. The lowest BCUT2D eigenvalue weighted by atomic mass is 9.82. The van der Waals surface area contributed by atoms with Crippen LogP contribution in [0.4, 0.5) is 4.39 Å². The molecular formula is C23H26ClFN2O4. The van der Waals surface area contributed by atoms with Gasteiger partial charge in [-0.1, -0.05) is 29.8 Å². The smallest absolute Gasteiger partial charge is 0.232 e. The van der Waals surface area contributed by atoms with Crippen molar-refractivity contribution in [3.63, 3.8) is 0 Å². The summed E-state index contributed by atoms with van der Waals surface area (Å²) in [6, 6.07) is 13.0. The molecule has 2 amide bonds. The van der Waals surface area contributed by atoms with E-state index in [1.165, 1.54) is 6.07 Å². The Morgan fingerprint density at radius 1 is 1.23 bits per heavy atom. The van der Waals surface area contributed by atoms with Gasteiger partial charge in [0.15, 0.2) is 0 Å². The standard InChI is InChI=1S/C23H26ClFN2O4/c1-22(2,18-5-3-4-6-19(18)25)21(29)27-11-12-31-23(14-27,13-20(26)28)15-30-17-9-7-16(24)8-10-17/h3-10H,11-15H2,1-2H3,(H2,26,28). The molecule has 0 radical (unpaired) electrons. The van der Waals surface area contributed by atoms with Gasteiger partial charge in [0.1, 0.15) is 23.8 Å². The number of benzene rings is 2. The molecule has 1 unspecified atom stereocenters. The van der Waals surface area contributed by atoms with Crippen molar-refractivity contribution in [3.05, 3.63) is 64.9 Å². The first-order chi connectivity index (χ1) is 14.6. The van der Waals surface area contributed by atoms with E-state index < -0.39 is 22.7 Å². The first-order valence-electron chi connectivity index (χ1n) is 9.98. The lowest BCUT2D eigenvalue weighted by molar-refractivity contribution is -0.165. The van der Waals surface area contributed by atoms with Gasteiger partial charge in [-0.05, 0) is 44.2 Å². The third-order valence-corrected chi connectivity index (χ3v) is 5.68. The lowest BCUT2D eigenvalue weighted by Crippen LogP contribution is -2.60. The summed E-state index contributed by atoms with van der Waals surface area (Å²) in [5.41, 5.74) is 3.57. The Balaban J connectivity index is 1.81. The number of rotatable bonds is 7. The average Bonchev–Trinajstić information content (AvgIpc) is 2.72. The third-order valence-electron chi connectivity index (χ3n) is 5.43. The van der Waals surface area contributed by atoms with Gasteiger partial charge in [0, 0.05) is 17.1 Å². The monoisotopic (exact) mass is 448 g/mol. The van der Waals surface area contributed by atoms with Crippen molar-refractivity contribution in [3.8, 4) is 5.75 Å². The molecule has 1 aliphatic rings. The number of morpholine rings is 1. The zero-order chi connectivity index (χ0) is 22.6. The fourth-order valence-corrected chi connectivity index (χ4v) is 3.93. The summed E-state index contributed by atoms with van der Waals surface area (Å²) < 4.78 is 26.1. The Hall–Kier alpha value is -2.64. The minimum atomic E-state index is -1.11. The first-order valence-corrected chi connectivity index (χ1v) is 10.4. The van der Waals surface area contributed by atoms with Crippen molar-refractivity contribution >= 4 is 23.4 Å². The molecule has 0 aliphatic carbocycles. The molecule has 0 spiro atoms. The molecular weight excluding hydrogens is 423 g/mol. The molecule has 166 valence electrons. The predicted octanol–water partition coefficient (Wildman–Crippen LogP) is 3.31. The summed E-state index contributed by atoms with van der Waals surface area (Å²) in [5, 5.41) is 0.570. The van der Waals surface area contributed by atoms with E-state index >= 15 is 0 Å². The van der Waals surface area contributed by atoms with Gasteiger partial charge in [0.05, 0.1) is 25.0 Å². The van der Waals surface area contributed by atoms with Crippen molar-refractivity contribution < 1.29 is 23.5 Å². The van der Waals surface area contributed by atoms with Gasteiger partial charge >= 0.3 is 0 Å². The molecule has 0 bridgehead atoms. The van der Waals surface area contributed by atoms with Crippen LogP contribution >= 0.6 is 11.6 Å². The number of halogens is 2. The second-order valence-corrected chi connectivity index (χ2v) is 8.69. The number of ether oxygens (including phenoxy) is 2. The van der Waals surface area contributed by atoms with Crippen molar-refractivity contribution in [1.82, 2.24) is 4.90 Å². The van der Waals surface area contributed by atoms with Gasteiger partial charge in [-0.25, -0.2) is 4.39 Å². The zero-order valence-corrected chi connectivity index (χ0v) is 18.3. The Morgan fingerprint density at radius 2 is 1.90 bits per heavy atom. The molecule has 31 heavy (non-hydrogen) atoms. The van der Waals surface area contributed by atoms with Crippen molar-refractivity contribution in [2.75, 3.05) is 26.3 Å². The normalized spacial score (nSPS) is 19.2. The van der Waals surface area contributed by atoms with Crippen LogP contribution in [-0.2, 0) is 19.7 Å². The molecule has 8 heteroatoms. The zero-order valence-electron chi connectivity index (χ0n) is 17.6. The highest BCUT2D eigenvalue weighted by atomic mass is 35.5. The summed E-state index contributed by atoms with van der Waals surface area (Å²) in [6.45, 7) is 4.00. The van der Waals surface area contributed by atoms with E-state index in [2.05, 4.69) is 0 Å². The molecule has 0 saturated carbocycles. The Morgan fingerprint density at radius 3 is 2.55 bits per heavy atom. The third kappa shape index (κ3) is 5.35. The van der Waals surface area contributed by atoms with E-state index in [1.807, 2.05) is 0 Å². The van der Waals surface area contributed by atoms with Crippen LogP contribution in [0, 0.1) is 5.82 Å². The summed E-state index contributed by atoms with van der Waals surface area (Å²) in [7, 11) is 0. The SMILES string of the molecule is CC(C)(C(=O)N1CCOC(COc2ccc(Cl)cc2)(CC(N)=O)C1)c1ccccc1F. The summed E-state index contributed by atoms with van der Waals surface area (Å²) in [4.78, 5) is 26.8. The van der Waals surface area contributed by atoms with Gasteiger partial charge in [0.25, 0.3) is 0 Å². The fourth-order valence-electron chi connectivity index (χ4n) is 3.81. The minimum absolute atomic E-state index is 0.0154. The summed E-state index contributed by atoms with van der Waals surface area (Å²) in [5.74, 6) is -0.723. The number of hydrogen-bond donors (Lipinski definition) is 1. The second kappa shape index (κ2) is 9.24. The molecule has 2 aromatic rings. The predicted molar refractivity (Wildman–Crippen MR) is 115 cm³/mol.